The Morgan fingerprint density at radius 1 is 1.62 bits per heavy atom. The van der Waals surface area contributed by atoms with Crippen LogP contribution in [0, 0.1) is 16.7 Å². The maximum absolute atomic E-state index is 11.8. The summed E-state index contributed by atoms with van der Waals surface area (Å²) in [6, 6.07) is 2.33. The van der Waals surface area contributed by atoms with Gasteiger partial charge in [0.25, 0.3) is 0 Å². The summed E-state index contributed by atoms with van der Waals surface area (Å²) < 4.78 is 0. The fourth-order valence-electron chi connectivity index (χ4n) is 1.52. The topological polar surface area (TPSA) is 44.1 Å². The smallest absolute Gasteiger partial charge is 0.243 e. The van der Waals surface area contributed by atoms with Gasteiger partial charge in [-0.2, -0.15) is 5.26 Å². The Hall–Kier alpha value is -1.04. The van der Waals surface area contributed by atoms with Gasteiger partial charge in [-0.15, -0.1) is 0 Å². The highest BCUT2D eigenvalue weighted by Gasteiger charge is 2.52. The van der Waals surface area contributed by atoms with Gasteiger partial charge in [0.1, 0.15) is 5.41 Å². The van der Waals surface area contributed by atoms with E-state index in [1.54, 1.807) is 4.90 Å². The van der Waals surface area contributed by atoms with E-state index in [4.69, 9.17) is 5.26 Å². The van der Waals surface area contributed by atoms with Crippen LogP contribution in [0.2, 0.25) is 0 Å². The number of carbonyl (C=O) groups is 1. The molecule has 0 atom stereocenters. The van der Waals surface area contributed by atoms with Gasteiger partial charge < -0.3 is 4.90 Å². The summed E-state index contributed by atoms with van der Waals surface area (Å²) in [6.07, 6.45) is 1.48. The lowest BCUT2D eigenvalue weighted by molar-refractivity contribution is -0.136. The lowest BCUT2D eigenvalue weighted by Crippen LogP contribution is -2.41. The number of carbonyl (C=O) groups excluding carboxylic acids is 1. The van der Waals surface area contributed by atoms with Crippen molar-refractivity contribution in [3.05, 3.63) is 0 Å². The Labute approximate surface area is 79.3 Å². The van der Waals surface area contributed by atoms with Crippen LogP contribution in [0.3, 0.4) is 0 Å². The van der Waals surface area contributed by atoms with Gasteiger partial charge in [0.2, 0.25) is 5.91 Å². The molecule has 0 unspecified atom stereocenters. The van der Waals surface area contributed by atoms with Gasteiger partial charge in [-0.1, -0.05) is 0 Å². The third-order valence-electron chi connectivity index (χ3n) is 2.60. The van der Waals surface area contributed by atoms with Gasteiger partial charge in [-0.25, -0.2) is 0 Å². The fraction of sp³-hybridized carbons (Fsp3) is 0.800. The van der Waals surface area contributed by atoms with E-state index < -0.39 is 5.41 Å². The average Bonchev–Trinajstić information content (AvgIpc) is 2.84. The molecule has 0 spiro atoms. The number of hydrogen-bond acceptors (Lipinski definition) is 2. The van der Waals surface area contributed by atoms with Crippen LogP contribution in [0.5, 0.6) is 0 Å². The van der Waals surface area contributed by atoms with Gasteiger partial charge in [-0.3, -0.25) is 4.79 Å². The van der Waals surface area contributed by atoms with Crippen molar-refractivity contribution in [1.29, 1.82) is 5.26 Å². The van der Waals surface area contributed by atoms with Gasteiger partial charge in [0, 0.05) is 12.6 Å². The van der Waals surface area contributed by atoms with Crippen LogP contribution in [0.1, 0.15) is 33.6 Å². The molecule has 1 fully saturated rings. The van der Waals surface area contributed by atoms with E-state index in [2.05, 4.69) is 6.07 Å². The second-order valence-corrected chi connectivity index (χ2v) is 3.88. The maximum Gasteiger partial charge on any atom is 0.243 e. The van der Waals surface area contributed by atoms with Crippen molar-refractivity contribution in [3.8, 4) is 6.07 Å². The minimum atomic E-state index is -0.653. The Morgan fingerprint density at radius 3 is 2.38 bits per heavy atom. The summed E-state index contributed by atoms with van der Waals surface area (Å²) in [5.74, 6) is 0.0208. The van der Waals surface area contributed by atoms with Crippen molar-refractivity contribution < 1.29 is 4.79 Å². The molecule has 0 aliphatic heterocycles. The van der Waals surface area contributed by atoms with Crippen molar-refractivity contribution >= 4 is 5.91 Å². The number of rotatable bonds is 3. The van der Waals surface area contributed by atoms with E-state index in [9.17, 15) is 4.79 Å². The SMILES string of the molecule is CCN(C(=O)C1(C#N)CC1)C(C)C. The molecule has 0 N–H and O–H groups in total. The summed E-state index contributed by atoms with van der Waals surface area (Å²) in [6.45, 7) is 6.61. The van der Waals surface area contributed by atoms with E-state index in [-0.39, 0.29) is 11.9 Å². The molecule has 1 saturated carbocycles. The molecule has 72 valence electrons. The normalized spacial score (nSPS) is 18.1. The molecule has 0 radical (unpaired) electrons. The molecular weight excluding hydrogens is 164 g/mol. The molecule has 1 amide bonds. The summed E-state index contributed by atoms with van der Waals surface area (Å²) in [4.78, 5) is 13.6. The van der Waals surface area contributed by atoms with Gasteiger partial charge in [0.05, 0.1) is 6.07 Å². The first-order valence-electron chi connectivity index (χ1n) is 4.79. The molecule has 0 saturated heterocycles. The summed E-state index contributed by atoms with van der Waals surface area (Å²) >= 11 is 0. The van der Waals surface area contributed by atoms with Crippen molar-refractivity contribution in [3.63, 3.8) is 0 Å². The van der Waals surface area contributed by atoms with Gasteiger partial charge in [-0.05, 0) is 33.6 Å². The zero-order valence-corrected chi connectivity index (χ0v) is 8.50. The number of hydrogen-bond donors (Lipinski definition) is 0. The highest BCUT2D eigenvalue weighted by molar-refractivity contribution is 5.88. The second-order valence-electron chi connectivity index (χ2n) is 3.88. The molecule has 13 heavy (non-hydrogen) atoms. The highest BCUT2D eigenvalue weighted by Crippen LogP contribution is 2.46. The molecule has 0 aromatic heterocycles. The van der Waals surface area contributed by atoms with Gasteiger partial charge >= 0.3 is 0 Å². The van der Waals surface area contributed by atoms with Gasteiger partial charge in [0.15, 0.2) is 0 Å². The second kappa shape index (κ2) is 3.37. The average molecular weight is 180 g/mol. The Morgan fingerprint density at radius 2 is 2.15 bits per heavy atom. The molecule has 0 heterocycles. The summed E-state index contributed by atoms with van der Waals surface area (Å²) in [5.41, 5.74) is -0.653. The van der Waals surface area contributed by atoms with Crippen LogP contribution < -0.4 is 0 Å². The first-order valence-corrected chi connectivity index (χ1v) is 4.79. The Kier molecular flexibility index (Phi) is 2.60. The monoisotopic (exact) mass is 180 g/mol. The summed E-state index contributed by atoms with van der Waals surface area (Å²) in [7, 11) is 0. The third kappa shape index (κ3) is 1.67. The lowest BCUT2D eigenvalue weighted by atomic mass is 10.1. The molecule has 0 aromatic rings. The van der Waals surface area contributed by atoms with Crippen molar-refractivity contribution in [1.82, 2.24) is 4.90 Å². The standard InChI is InChI=1S/C10H16N2O/c1-4-12(8(2)3)9(13)10(7-11)5-6-10/h8H,4-6H2,1-3H3. The Bertz CT molecular complexity index is 248. The number of amides is 1. The van der Waals surface area contributed by atoms with Crippen LogP contribution in [-0.2, 0) is 4.79 Å². The van der Waals surface area contributed by atoms with Crippen molar-refractivity contribution in [2.45, 2.75) is 39.7 Å². The van der Waals surface area contributed by atoms with Crippen LogP contribution in [0.4, 0.5) is 0 Å². The first kappa shape index (κ1) is 10.0. The molecular formula is C10H16N2O. The summed E-state index contributed by atoms with van der Waals surface area (Å²) in [5, 5.41) is 8.86. The zero-order valence-electron chi connectivity index (χ0n) is 8.50. The largest absolute Gasteiger partial charge is 0.339 e. The highest BCUT2D eigenvalue weighted by atomic mass is 16.2. The molecule has 0 aromatic carbocycles. The predicted molar refractivity (Wildman–Crippen MR) is 49.8 cm³/mol. The maximum atomic E-state index is 11.8. The van der Waals surface area contributed by atoms with Crippen LogP contribution >= 0.6 is 0 Å². The van der Waals surface area contributed by atoms with E-state index in [1.165, 1.54) is 0 Å². The van der Waals surface area contributed by atoms with Crippen molar-refractivity contribution in [2.75, 3.05) is 6.54 Å². The first-order chi connectivity index (χ1) is 6.07. The zero-order chi connectivity index (χ0) is 10.1. The van der Waals surface area contributed by atoms with Crippen LogP contribution in [0.15, 0.2) is 0 Å². The van der Waals surface area contributed by atoms with E-state index in [0.29, 0.717) is 6.54 Å². The molecule has 1 aliphatic carbocycles. The number of nitriles is 1. The van der Waals surface area contributed by atoms with E-state index in [0.717, 1.165) is 12.8 Å². The lowest BCUT2D eigenvalue weighted by Gasteiger charge is -2.27. The minimum Gasteiger partial charge on any atom is -0.339 e. The molecule has 3 heteroatoms. The predicted octanol–water partition coefficient (Wildman–Crippen LogP) is 1.55. The fourth-order valence-corrected chi connectivity index (χ4v) is 1.52. The third-order valence-corrected chi connectivity index (χ3v) is 2.60. The van der Waals surface area contributed by atoms with E-state index in [1.807, 2.05) is 20.8 Å². The van der Waals surface area contributed by atoms with E-state index >= 15 is 0 Å². The number of nitrogens with zero attached hydrogens (tertiary/aromatic N) is 2. The van der Waals surface area contributed by atoms with Crippen LogP contribution in [0.25, 0.3) is 0 Å². The van der Waals surface area contributed by atoms with Crippen LogP contribution in [-0.4, -0.2) is 23.4 Å². The minimum absolute atomic E-state index is 0.0208. The molecule has 1 aliphatic rings. The molecule has 1 rings (SSSR count). The molecule has 3 nitrogen and oxygen atoms in total. The molecule has 0 bridgehead atoms. The quantitative estimate of drug-likeness (QED) is 0.661. The van der Waals surface area contributed by atoms with Crippen molar-refractivity contribution in [2.24, 2.45) is 5.41 Å². The Balaban J connectivity index is 2.72.